The Bertz CT molecular complexity index is 604. The van der Waals surface area contributed by atoms with Gasteiger partial charge in [-0.25, -0.2) is 0 Å². The SMILES string of the molecule is CCc1cc(CC)n(CC(=O)c2cc(Br)sc2Br)n1. The Hall–Kier alpha value is -0.460. The van der Waals surface area contributed by atoms with Gasteiger partial charge in [-0.3, -0.25) is 9.48 Å². The molecule has 0 unspecified atom stereocenters. The largest absolute Gasteiger partial charge is 0.292 e. The second-order valence-corrected chi connectivity index (χ2v) is 7.90. The zero-order chi connectivity index (χ0) is 14.0. The van der Waals surface area contributed by atoms with Gasteiger partial charge >= 0.3 is 0 Å². The summed E-state index contributed by atoms with van der Waals surface area (Å²) in [4.78, 5) is 12.3. The molecular formula is C13H14Br2N2OS. The summed E-state index contributed by atoms with van der Waals surface area (Å²) < 4.78 is 3.64. The van der Waals surface area contributed by atoms with Crippen molar-refractivity contribution < 1.29 is 4.79 Å². The first kappa shape index (κ1) is 14.9. The topological polar surface area (TPSA) is 34.9 Å². The molecule has 0 radical (unpaired) electrons. The minimum Gasteiger partial charge on any atom is -0.292 e. The van der Waals surface area contributed by atoms with Crippen molar-refractivity contribution in [3.8, 4) is 0 Å². The normalized spacial score (nSPS) is 10.9. The smallest absolute Gasteiger partial charge is 0.186 e. The van der Waals surface area contributed by atoms with E-state index in [0.29, 0.717) is 12.1 Å². The molecule has 19 heavy (non-hydrogen) atoms. The number of thiophene rings is 1. The first-order valence-electron chi connectivity index (χ1n) is 6.08. The van der Waals surface area contributed by atoms with Crippen LogP contribution in [-0.4, -0.2) is 15.6 Å². The third kappa shape index (κ3) is 3.35. The molecule has 2 aromatic heterocycles. The maximum absolute atomic E-state index is 12.3. The highest BCUT2D eigenvalue weighted by atomic mass is 79.9. The molecule has 0 fully saturated rings. The summed E-state index contributed by atoms with van der Waals surface area (Å²) in [7, 11) is 0. The number of aryl methyl sites for hydroxylation is 2. The van der Waals surface area contributed by atoms with Gasteiger partial charge in [-0.05, 0) is 56.8 Å². The maximum Gasteiger partial charge on any atom is 0.186 e. The number of hydrogen-bond donors (Lipinski definition) is 0. The first-order valence-corrected chi connectivity index (χ1v) is 8.49. The first-order chi connectivity index (χ1) is 9.05. The van der Waals surface area contributed by atoms with E-state index in [2.05, 4.69) is 56.9 Å². The summed E-state index contributed by atoms with van der Waals surface area (Å²) >= 11 is 8.33. The Morgan fingerprint density at radius 3 is 2.58 bits per heavy atom. The van der Waals surface area contributed by atoms with Gasteiger partial charge in [0.25, 0.3) is 0 Å². The quantitative estimate of drug-likeness (QED) is 0.687. The van der Waals surface area contributed by atoms with Crippen LogP contribution in [0.3, 0.4) is 0 Å². The van der Waals surface area contributed by atoms with Crippen molar-refractivity contribution in [2.75, 3.05) is 0 Å². The van der Waals surface area contributed by atoms with Crippen LogP contribution < -0.4 is 0 Å². The number of aromatic nitrogens is 2. The van der Waals surface area contributed by atoms with Crippen molar-refractivity contribution in [3.63, 3.8) is 0 Å². The molecule has 102 valence electrons. The lowest BCUT2D eigenvalue weighted by molar-refractivity contribution is 0.0966. The molecule has 0 aromatic carbocycles. The molecule has 0 atom stereocenters. The Kier molecular flexibility index (Phi) is 4.97. The predicted molar refractivity (Wildman–Crippen MR) is 85.0 cm³/mol. The van der Waals surface area contributed by atoms with Gasteiger partial charge in [-0.2, -0.15) is 5.10 Å². The number of halogens is 2. The fraction of sp³-hybridized carbons (Fsp3) is 0.385. The molecule has 0 saturated heterocycles. The van der Waals surface area contributed by atoms with Gasteiger partial charge in [-0.15, -0.1) is 11.3 Å². The van der Waals surface area contributed by atoms with Crippen molar-refractivity contribution >= 4 is 49.0 Å². The molecule has 2 aromatic rings. The second kappa shape index (κ2) is 6.33. The van der Waals surface area contributed by atoms with Crippen molar-refractivity contribution in [1.82, 2.24) is 9.78 Å². The second-order valence-electron chi connectivity index (χ2n) is 4.15. The third-order valence-corrected chi connectivity index (χ3v) is 5.23. The highest BCUT2D eigenvalue weighted by Gasteiger charge is 2.16. The average molecular weight is 406 g/mol. The summed E-state index contributed by atoms with van der Waals surface area (Å²) in [5, 5.41) is 4.47. The highest BCUT2D eigenvalue weighted by Crippen LogP contribution is 2.32. The van der Waals surface area contributed by atoms with Crippen LogP contribution in [0.2, 0.25) is 0 Å². The van der Waals surface area contributed by atoms with Crippen molar-refractivity contribution in [3.05, 3.63) is 36.7 Å². The zero-order valence-corrected chi connectivity index (χ0v) is 14.7. The van der Waals surface area contributed by atoms with Gasteiger partial charge in [0, 0.05) is 11.3 Å². The summed E-state index contributed by atoms with van der Waals surface area (Å²) in [6, 6.07) is 3.93. The number of carbonyl (C=O) groups is 1. The lowest BCUT2D eigenvalue weighted by Gasteiger charge is -2.04. The van der Waals surface area contributed by atoms with Gasteiger partial charge in [-0.1, -0.05) is 13.8 Å². The average Bonchev–Trinajstić information content (AvgIpc) is 2.92. The van der Waals surface area contributed by atoms with Crippen LogP contribution in [0.25, 0.3) is 0 Å². The molecule has 2 heterocycles. The lowest BCUT2D eigenvalue weighted by atomic mass is 10.2. The van der Waals surface area contributed by atoms with Crippen LogP contribution >= 0.6 is 43.2 Å². The summed E-state index contributed by atoms with van der Waals surface area (Å²) in [5.74, 6) is 0.0780. The highest BCUT2D eigenvalue weighted by molar-refractivity contribution is 9.12. The fourth-order valence-corrected chi connectivity index (χ4v) is 4.72. The molecule has 0 saturated carbocycles. The van der Waals surface area contributed by atoms with E-state index in [-0.39, 0.29) is 5.78 Å². The van der Waals surface area contributed by atoms with Crippen LogP contribution in [0.5, 0.6) is 0 Å². The van der Waals surface area contributed by atoms with E-state index in [0.717, 1.165) is 31.8 Å². The molecular weight excluding hydrogens is 392 g/mol. The van der Waals surface area contributed by atoms with Crippen molar-refractivity contribution in [2.24, 2.45) is 0 Å². The van der Waals surface area contributed by atoms with Crippen LogP contribution in [0.4, 0.5) is 0 Å². The molecule has 0 aliphatic carbocycles. The van der Waals surface area contributed by atoms with E-state index >= 15 is 0 Å². The number of carbonyl (C=O) groups excluding carboxylic acids is 1. The van der Waals surface area contributed by atoms with E-state index in [1.807, 2.05) is 10.7 Å². The van der Waals surface area contributed by atoms with Gasteiger partial charge in [0.05, 0.1) is 13.3 Å². The lowest BCUT2D eigenvalue weighted by Crippen LogP contribution is -2.14. The predicted octanol–water partition coefficient (Wildman–Crippen LogP) is 4.48. The van der Waals surface area contributed by atoms with E-state index in [9.17, 15) is 4.79 Å². The molecule has 0 bridgehead atoms. The maximum atomic E-state index is 12.3. The number of Topliss-reactive ketones (excluding diaryl/α,β-unsaturated/α-hetero) is 1. The van der Waals surface area contributed by atoms with Gasteiger partial charge in [0.2, 0.25) is 0 Å². The van der Waals surface area contributed by atoms with Gasteiger partial charge < -0.3 is 0 Å². The number of rotatable bonds is 5. The zero-order valence-electron chi connectivity index (χ0n) is 10.7. The van der Waals surface area contributed by atoms with Crippen LogP contribution in [-0.2, 0) is 19.4 Å². The Morgan fingerprint density at radius 1 is 1.32 bits per heavy atom. The molecule has 3 nitrogen and oxygen atoms in total. The number of nitrogens with zero attached hydrogens (tertiary/aromatic N) is 2. The molecule has 0 amide bonds. The van der Waals surface area contributed by atoms with E-state index in [1.54, 1.807) is 0 Å². The van der Waals surface area contributed by atoms with Crippen LogP contribution in [0.15, 0.2) is 19.7 Å². The Balaban J connectivity index is 2.23. The number of ketones is 1. The molecule has 0 aliphatic heterocycles. The monoisotopic (exact) mass is 404 g/mol. The molecule has 0 N–H and O–H groups in total. The Labute approximate surface area is 133 Å². The van der Waals surface area contributed by atoms with E-state index in [4.69, 9.17) is 0 Å². The Morgan fingerprint density at radius 2 is 2.05 bits per heavy atom. The third-order valence-electron chi connectivity index (χ3n) is 2.89. The van der Waals surface area contributed by atoms with E-state index < -0.39 is 0 Å². The number of hydrogen-bond acceptors (Lipinski definition) is 3. The minimum atomic E-state index is 0.0780. The van der Waals surface area contributed by atoms with Crippen molar-refractivity contribution in [1.29, 1.82) is 0 Å². The molecule has 6 heteroatoms. The summed E-state index contributed by atoms with van der Waals surface area (Å²) in [6.07, 6.45) is 1.77. The summed E-state index contributed by atoms with van der Waals surface area (Å²) in [6.45, 7) is 4.44. The molecule has 0 spiro atoms. The van der Waals surface area contributed by atoms with Crippen molar-refractivity contribution in [2.45, 2.75) is 33.2 Å². The molecule has 2 rings (SSSR count). The molecule has 0 aliphatic rings. The van der Waals surface area contributed by atoms with Gasteiger partial charge in [0.1, 0.15) is 6.54 Å². The fourth-order valence-electron chi connectivity index (χ4n) is 1.86. The van der Waals surface area contributed by atoms with Crippen LogP contribution in [0.1, 0.15) is 35.6 Å². The standard InChI is InChI=1S/C13H14Br2N2OS/c1-3-8-5-9(4-2)17(16-8)7-11(18)10-6-12(14)19-13(10)15/h5-6H,3-4,7H2,1-2H3. The summed E-state index contributed by atoms with van der Waals surface area (Å²) in [5.41, 5.74) is 2.86. The van der Waals surface area contributed by atoms with Crippen LogP contribution in [0, 0.1) is 0 Å². The van der Waals surface area contributed by atoms with E-state index in [1.165, 1.54) is 11.3 Å². The minimum absolute atomic E-state index is 0.0780. The van der Waals surface area contributed by atoms with Gasteiger partial charge in [0.15, 0.2) is 5.78 Å².